The summed E-state index contributed by atoms with van der Waals surface area (Å²) in [5.74, 6) is 0.573. The Labute approximate surface area is 190 Å². The van der Waals surface area contributed by atoms with Crippen molar-refractivity contribution in [1.82, 2.24) is 10.3 Å². The fraction of sp³-hybridized carbons (Fsp3) is 0.240. The summed E-state index contributed by atoms with van der Waals surface area (Å²) < 4.78 is 6.13. The molecule has 3 heterocycles. The number of hydrogen-bond donors (Lipinski definition) is 2. The van der Waals surface area contributed by atoms with E-state index in [1.54, 1.807) is 0 Å². The van der Waals surface area contributed by atoms with Crippen molar-refractivity contribution in [3.8, 4) is 5.75 Å². The molecular weight excluding hydrogens is 422 g/mol. The van der Waals surface area contributed by atoms with E-state index in [-0.39, 0.29) is 11.1 Å². The Morgan fingerprint density at radius 3 is 2.75 bits per heavy atom. The van der Waals surface area contributed by atoms with Gasteiger partial charge in [0.1, 0.15) is 5.75 Å². The van der Waals surface area contributed by atoms with Gasteiger partial charge in [-0.25, -0.2) is 0 Å². The number of allylic oxidation sites excluding steroid dienone is 1. The van der Waals surface area contributed by atoms with E-state index in [4.69, 9.17) is 9.73 Å². The number of carbonyl (C=O) groups is 2. The Bertz CT molecular complexity index is 1260. The smallest absolute Gasteiger partial charge is 0.286 e. The lowest BCUT2D eigenvalue weighted by atomic mass is 10.0. The number of fused-ring (bicyclic) bond motifs is 1. The summed E-state index contributed by atoms with van der Waals surface area (Å²) in [6.07, 6.45) is 3.99. The van der Waals surface area contributed by atoms with Crippen molar-refractivity contribution in [2.75, 3.05) is 6.61 Å². The number of benzene rings is 2. The van der Waals surface area contributed by atoms with Crippen molar-refractivity contribution in [3.63, 3.8) is 0 Å². The van der Waals surface area contributed by atoms with Gasteiger partial charge in [0.25, 0.3) is 5.24 Å². The molecule has 0 aliphatic carbocycles. The number of thioether (sulfide) groups is 1. The molecule has 1 atom stereocenters. The average Bonchev–Trinajstić information content (AvgIpc) is 3.50. The number of nitrogens with zero attached hydrogens (tertiary/aromatic N) is 1. The minimum Gasteiger partial charge on any atom is -0.492 e. The van der Waals surface area contributed by atoms with Gasteiger partial charge < -0.3 is 9.72 Å². The van der Waals surface area contributed by atoms with Crippen LogP contribution in [0.1, 0.15) is 30.9 Å². The molecule has 2 aromatic carbocycles. The minimum absolute atomic E-state index is 0.226. The number of aromatic amines is 1. The Hall–Kier alpha value is -3.32. The number of H-pyrrole nitrogens is 1. The van der Waals surface area contributed by atoms with Crippen LogP contribution in [0.25, 0.3) is 10.9 Å². The van der Waals surface area contributed by atoms with E-state index >= 15 is 0 Å². The van der Waals surface area contributed by atoms with Crippen molar-refractivity contribution in [1.29, 1.82) is 0 Å². The summed E-state index contributed by atoms with van der Waals surface area (Å²) in [6, 6.07) is 16.2. The topological polar surface area (TPSA) is 83.5 Å². The molecule has 2 N–H and O–H groups in total. The van der Waals surface area contributed by atoms with E-state index in [1.165, 1.54) is 11.1 Å². The van der Waals surface area contributed by atoms with E-state index < -0.39 is 5.25 Å². The van der Waals surface area contributed by atoms with Crippen LogP contribution in [0.5, 0.6) is 5.75 Å². The van der Waals surface area contributed by atoms with Crippen LogP contribution < -0.4 is 10.1 Å². The Morgan fingerprint density at radius 2 is 1.97 bits per heavy atom. The van der Waals surface area contributed by atoms with Gasteiger partial charge in [-0.3, -0.25) is 19.9 Å². The van der Waals surface area contributed by atoms with Crippen LogP contribution in [0.3, 0.4) is 0 Å². The molecule has 0 saturated carbocycles. The predicted octanol–water partition coefficient (Wildman–Crippen LogP) is 5.00. The van der Waals surface area contributed by atoms with Gasteiger partial charge in [0.2, 0.25) is 5.91 Å². The largest absolute Gasteiger partial charge is 0.492 e. The summed E-state index contributed by atoms with van der Waals surface area (Å²) in [5.41, 5.74) is 6.60. The van der Waals surface area contributed by atoms with Crippen molar-refractivity contribution in [2.45, 2.75) is 31.4 Å². The first-order chi connectivity index (χ1) is 15.6. The minimum atomic E-state index is -0.394. The number of aromatic nitrogens is 1. The van der Waals surface area contributed by atoms with Gasteiger partial charge in [-0.2, -0.15) is 0 Å². The van der Waals surface area contributed by atoms with Crippen LogP contribution in [-0.2, 0) is 11.2 Å². The van der Waals surface area contributed by atoms with Crippen LogP contribution in [-0.4, -0.2) is 33.7 Å². The molecule has 2 amide bonds. The summed E-state index contributed by atoms with van der Waals surface area (Å²) in [4.78, 5) is 31.5. The fourth-order valence-corrected chi connectivity index (χ4v) is 5.04. The molecule has 3 aromatic rings. The molecule has 2 aliphatic rings. The molecule has 1 fully saturated rings. The van der Waals surface area contributed by atoms with Crippen molar-refractivity contribution in [3.05, 3.63) is 77.1 Å². The van der Waals surface area contributed by atoms with Gasteiger partial charge >= 0.3 is 0 Å². The monoisotopic (exact) mass is 445 g/mol. The van der Waals surface area contributed by atoms with Crippen molar-refractivity contribution >= 4 is 39.5 Å². The SMILES string of the molecule is CC1=C(CCOc2ccc(CC3SC(=O)NC3=O)c3[nH]ccc23)N=C(c2ccccc2)C1. The number of carbonyl (C=O) groups excluding carboxylic acids is 2. The third-order valence-electron chi connectivity index (χ3n) is 5.84. The number of imide groups is 1. The molecule has 1 aromatic heterocycles. The molecule has 32 heavy (non-hydrogen) atoms. The molecule has 0 spiro atoms. The number of hydrogen-bond acceptors (Lipinski definition) is 5. The molecule has 0 bridgehead atoms. The second kappa shape index (κ2) is 8.67. The number of aliphatic imine (C=N–C) groups is 1. The van der Waals surface area contributed by atoms with E-state index in [1.807, 2.05) is 42.6 Å². The van der Waals surface area contributed by atoms with E-state index in [9.17, 15) is 9.59 Å². The summed E-state index contributed by atoms with van der Waals surface area (Å²) in [5, 5.41) is 2.65. The summed E-state index contributed by atoms with van der Waals surface area (Å²) >= 11 is 1.05. The number of amides is 2. The first-order valence-electron chi connectivity index (χ1n) is 10.6. The van der Waals surface area contributed by atoms with Gasteiger partial charge in [-0.05, 0) is 42.2 Å². The van der Waals surface area contributed by atoms with Crippen LogP contribution in [0.15, 0.2) is 71.0 Å². The van der Waals surface area contributed by atoms with Crippen molar-refractivity contribution < 1.29 is 14.3 Å². The zero-order chi connectivity index (χ0) is 22.1. The van der Waals surface area contributed by atoms with Gasteiger partial charge in [0.15, 0.2) is 0 Å². The highest BCUT2D eigenvalue weighted by atomic mass is 32.2. The third-order valence-corrected chi connectivity index (χ3v) is 6.82. The molecule has 2 aliphatic heterocycles. The van der Waals surface area contributed by atoms with Gasteiger partial charge in [-0.1, -0.05) is 48.2 Å². The second-order valence-electron chi connectivity index (χ2n) is 8.00. The molecule has 7 heteroatoms. The third kappa shape index (κ3) is 4.08. The summed E-state index contributed by atoms with van der Waals surface area (Å²) in [7, 11) is 0. The highest BCUT2D eigenvalue weighted by Gasteiger charge is 2.32. The maximum atomic E-state index is 11.9. The molecule has 6 nitrogen and oxygen atoms in total. The zero-order valence-corrected chi connectivity index (χ0v) is 18.5. The highest BCUT2D eigenvalue weighted by molar-refractivity contribution is 8.15. The predicted molar refractivity (Wildman–Crippen MR) is 127 cm³/mol. The number of nitrogens with one attached hydrogen (secondary N) is 2. The summed E-state index contributed by atoms with van der Waals surface area (Å²) in [6.45, 7) is 2.67. The van der Waals surface area contributed by atoms with E-state index in [0.29, 0.717) is 13.0 Å². The maximum absolute atomic E-state index is 11.9. The van der Waals surface area contributed by atoms with Gasteiger partial charge in [0, 0.05) is 30.1 Å². The quantitative estimate of drug-likeness (QED) is 0.536. The Kier molecular flexibility index (Phi) is 5.57. The molecule has 5 rings (SSSR count). The van der Waals surface area contributed by atoms with Gasteiger partial charge in [0.05, 0.1) is 23.1 Å². The van der Waals surface area contributed by atoms with Crippen LogP contribution in [0, 0.1) is 0 Å². The lowest BCUT2D eigenvalue weighted by molar-refractivity contribution is -0.118. The van der Waals surface area contributed by atoms with Crippen molar-refractivity contribution in [2.24, 2.45) is 4.99 Å². The Balaban J connectivity index is 1.26. The normalized spacial score (nSPS) is 18.4. The van der Waals surface area contributed by atoms with Gasteiger partial charge in [-0.15, -0.1) is 0 Å². The lowest BCUT2D eigenvalue weighted by Crippen LogP contribution is -2.25. The van der Waals surface area contributed by atoms with Crippen LogP contribution in [0.2, 0.25) is 0 Å². The van der Waals surface area contributed by atoms with E-state index in [2.05, 4.69) is 29.4 Å². The number of ether oxygens (including phenoxy) is 1. The number of rotatable bonds is 7. The Morgan fingerprint density at radius 1 is 1.12 bits per heavy atom. The first kappa shape index (κ1) is 20.6. The van der Waals surface area contributed by atoms with E-state index in [0.717, 1.165) is 58.2 Å². The lowest BCUT2D eigenvalue weighted by Gasteiger charge is -2.11. The van der Waals surface area contributed by atoms with Crippen LogP contribution in [0.4, 0.5) is 4.79 Å². The molecule has 1 saturated heterocycles. The standard InChI is InChI=1S/C25H23N3O3S/c1-15-13-20(16-5-3-2-4-6-16)27-19(15)10-12-31-21-8-7-17(23-18(21)9-11-26-23)14-22-24(29)28-25(30)32-22/h2-9,11,22,26H,10,12-14H2,1H3,(H,28,29,30). The molecule has 162 valence electrons. The maximum Gasteiger partial charge on any atom is 0.286 e. The second-order valence-corrected chi connectivity index (χ2v) is 9.18. The first-order valence-corrected chi connectivity index (χ1v) is 11.5. The zero-order valence-electron chi connectivity index (χ0n) is 17.7. The average molecular weight is 446 g/mol. The fourth-order valence-electron chi connectivity index (χ4n) is 4.19. The van der Waals surface area contributed by atoms with Crippen LogP contribution >= 0.6 is 11.8 Å². The molecule has 0 radical (unpaired) electrons. The molecular formula is C25H23N3O3S. The molecule has 1 unspecified atom stereocenters. The highest BCUT2D eigenvalue weighted by Crippen LogP contribution is 2.32.